The fourth-order valence-electron chi connectivity index (χ4n) is 2.84. The first kappa shape index (κ1) is 21.7. The van der Waals surface area contributed by atoms with Gasteiger partial charge < -0.3 is 14.8 Å². The highest BCUT2D eigenvalue weighted by molar-refractivity contribution is 8.15. The standard InChI is InChI=1S/C22H25N3O4S/c1-4-28-17-11-9-15(10-12-17)24-22-25(3)20(26)14-19(30-22)21(27)23-16-7-6-8-18(13-16)29-5-2/h6-13,19H,4-5,14H2,1-3H3,(H,23,27). The van der Waals surface area contributed by atoms with E-state index in [1.165, 1.54) is 16.7 Å². The van der Waals surface area contributed by atoms with E-state index in [0.717, 1.165) is 5.75 Å². The van der Waals surface area contributed by atoms with Gasteiger partial charge in [0.2, 0.25) is 11.8 Å². The molecule has 1 N–H and O–H groups in total. The van der Waals surface area contributed by atoms with Crippen LogP contribution in [0, 0.1) is 0 Å². The number of nitrogens with one attached hydrogen (secondary N) is 1. The number of carbonyl (C=O) groups is 2. The number of hydrogen-bond acceptors (Lipinski definition) is 6. The molecule has 2 amide bonds. The Morgan fingerprint density at radius 3 is 2.53 bits per heavy atom. The molecule has 1 aliphatic rings. The van der Waals surface area contributed by atoms with Crippen LogP contribution in [0.4, 0.5) is 11.4 Å². The Balaban J connectivity index is 1.72. The van der Waals surface area contributed by atoms with Gasteiger partial charge in [0.05, 0.1) is 18.9 Å². The molecule has 0 spiro atoms. The van der Waals surface area contributed by atoms with E-state index < -0.39 is 5.25 Å². The number of aliphatic imine (C=N–C) groups is 1. The summed E-state index contributed by atoms with van der Waals surface area (Å²) in [5, 5.41) is 2.79. The zero-order valence-electron chi connectivity index (χ0n) is 17.3. The number of anilines is 1. The van der Waals surface area contributed by atoms with Crippen molar-refractivity contribution in [2.24, 2.45) is 4.99 Å². The molecule has 1 aliphatic heterocycles. The SMILES string of the molecule is CCOc1ccc(N=C2SC(C(=O)Nc3cccc(OCC)c3)CC(=O)N2C)cc1. The van der Waals surface area contributed by atoms with Crippen molar-refractivity contribution in [3.8, 4) is 11.5 Å². The fraction of sp³-hybridized carbons (Fsp3) is 0.318. The van der Waals surface area contributed by atoms with Crippen molar-refractivity contribution in [3.63, 3.8) is 0 Å². The molecular weight excluding hydrogens is 402 g/mol. The van der Waals surface area contributed by atoms with Gasteiger partial charge in [0.15, 0.2) is 5.17 Å². The highest BCUT2D eigenvalue weighted by atomic mass is 32.2. The number of amides is 2. The van der Waals surface area contributed by atoms with Gasteiger partial charge in [-0.05, 0) is 50.2 Å². The summed E-state index contributed by atoms with van der Waals surface area (Å²) in [6, 6.07) is 14.5. The zero-order valence-corrected chi connectivity index (χ0v) is 18.1. The Kier molecular flexibility index (Phi) is 7.35. The molecule has 2 aromatic rings. The maximum Gasteiger partial charge on any atom is 0.238 e. The summed E-state index contributed by atoms with van der Waals surface area (Å²) in [5.41, 5.74) is 1.31. The van der Waals surface area contributed by atoms with Crippen LogP contribution in [-0.4, -0.2) is 47.4 Å². The molecule has 1 unspecified atom stereocenters. The molecule has 30 heavy (non-hydrogen) atoms. The van der Waals surface area contributed by atoms with Gasteiger partial charge in [-0.3, -0.25) is 14.5 Å². The molecule has 1 heterocycles. The largest absolute Gasteiger partial charge is 0.494 e. The predicted molar refractivity (Wildman–Crippen MR) is 120 cm³/mol. The molecule has 8 heteroatoms. The second-order valence-electron chi connectivity index (χ2n) is 6.53. The first-order valence-electron chi connectivity index (χ1n) is 9.78. The van der Waals surface area contributed by atoms with Gasteiger partial charge in [-0.15, -0.1) is 0 Å². The van der Waals surface area contributed by atoms with Crippen LogP contribution in [0.1, 0.15) is 20.3 Å². The van der Waals surface area contributed by atoms with Crippen LogP contribution in [0.15, 0.2) is 53.5 Å². The van der Waals surface area contributed by atoms with E-state index in [0.29, 0.717) is 35.5 Å². The lowest BCUT2D eigenvalue weighted by molar-refractivity contribution is -0.128. The Labute approximate surface area is 180 Å². The monoisotopic (exact) mass is 427 g/mol. The van der Waals surface area contributed by atoms with E-state index in [9.17, 15) is 9.59 Å². The molecule has 0 radical (unpaired) electrons. The molecule has 2 aromatic carbocycles. The molecular formula is C22H25N3O4S. The Hall–Kier alpha value is -3.00. The minimum absolute atomic E-state index is 0.112. The lowest BCUT2D eigenvalue weighted by Gasteiger charge is -2.28. The van der Waals surface area contributed by atoms with Crippen LogP contribution in [0.5, 0.6) is 11.5 Å². The Morgan fingerprint density at radius 1 is 1.13 bits per heavy atom. The molecule has 0 aliphatic carbocycles. The quantitative estimate of drug-likeness (QED) is 0.720. The number of ether oxygens (including phenoxy) is 2. The van der Waals surface area contributed by atoms with Gasteiger partial charge in [-0.1, -0.05) is 17.8 Å². The van der Waals surface area contributed by atoms with Crippen molar-refractivity contribution < 1.29 is 19.1 Å². The first-order valence-corrected chi connectivity index (χ1v) is 10.7. The second kappa shape index (κ2) is 10.2. The number of hydrogen-bond donors (Lipinski definition) is 1. The molecule has 0 aromatic heterocycles. The van der Waals surface area contributed by atoms with Crippen molar-refractivity contribution >= 4 is 40.1 Å². The fourth-order valence-corrected chi connectivity index (χ4v) is 3.91. The summed E-state index contributed by atoms with van der Waals surface area (Å²) in [6.45, 7) is 4.95. The van der Waals surface area contributed by atoms with E-state index in [2.05, 4.69) is 10.3 Å². The average molecular weight is 428 g/mol. The van der Waals surface area contributed by atoms with Crippen molar-refractivity contribution in [2.75, 3.05) is 25.6 Å². The summed E-state index contributed by atoms with van der Waals surface area (Å²) < 4.78 is 10.9. The van der Waals surface area contributed by atoms with E-state index >= 15 is 0 Å². The summed E-state index contributed by atoms with van der Waals surface area (Å²) in [5.74, 6) is 1.05. The molecule has 7 nitrogen and oxygen atoms in total. The van der Waals surface area contributed by atoms with Gasteiger partial charge >= 0.3 is 0 Å². The van der Waals surface area contributed by atoms with Gasteiger partial charge in [-0.2, -0.15) is 0 Å². The third kappa shape index (κ3) is 5.54. The second-order valence-corrected chi connectivity index (χ2v) is 7.70. The molecule has 0 bridgehead atoms. The van der Waals surface area contributed by atoms with Crippen molar-refractivity contribution in [3.05, 3.63) is 48.5 Å². The average Bonchev–Trinajstić information content (AvgIpc) is 2.73. The van der Waals surface area contributed by atoms with Gasteiger partial charge in [0, 0.05) is 25.2 Å². The lowest BCUT2D eigenvalue weighted by atomic mass is 10.2. The maximum atomic E-state index is 12.8. The number of amidine groups is 1. The lowest BCUT2D eigenvalue weighted by Crippen LogP contribution is -2.43. The van der Waals surface area contributed by atoms with Crippen LogP contribution < -0.4 is 14.8 Å². The molecule has 158 valence electrons. The zero-order chi connectivity index (χ0) is 21.5. The topological polar surface area (TPSA) is 80.2 Å². The van der Waals surface area contributed by atoms with E-state index in [4.69, 9.17) is 9.47 Å². The predicted octanol–water partition coefficient (Wildman–Crippen LogP) is 4.07. The highest BCUT2D eigenvalue weighted by Gasteiger charge is 2.34. The van der Waals surface area contributed by atoms with Crippen LogP contribution in [0.25, 0.3) is 0 Å². The number of thioether (sulfide) groups is 1. The normalized spacial score (nSPS) is 17.7. The minimum atomic E-state index is -0.564. The summed E-state index contributed by atoms with van der Waals surface area (Å²) in [7, 11) is 1.67. The van der Waals surface area contributed by atoms with Gasteiger partial charge in [0.25, 0.3) is 0 Å². The van der Waals surface area contributed by atoms with Crippen molar-refractivity contribution in [2.45, 2.75) is 25.5 Å². The molecule has 3 rings (SSSR count). The Morgan fingerprint density at radius 2 is 1.83 bits per heavy atom. The summed E-state index contributed by atoms with van der Waals surface area (Å²) in [6.07, 6.45) is 0.112. The third-order valence-corrected chi connectivity index (χ3v) is 5.59. The minimum Gasteiger partial charge on any atom is -0.494 e. The van der Waals surface area contributed by atoms with Gasteiger partial charge in [0.1, 0.15) is 16.7 Å². The summed E-state index contributed by atoms with van der Waals surface area (Å²) >= 11 is 1.27. The van der Waals surface area contributed by atoms with E-state index in [1.807, 2.05) is 50.2 Å². The number of carbonyl (C=O) groups excluding carboxylic acids is 2. The summed E-state index contributed by atoms with van der Waals surface area (Å²) in [4.78, 5) is 31.3. The van der Waals surface area contributed by atoms with E-state index in [-0.39, 0.29) is 18.2 Å². The highest BCUT2D eigenvalue weighted by Crippen LogP contribution is 2.30. The van der Waals surface area contributed by atoms with Crippen molar-refractivity contribution in [1.29, 1.82) is 0 Å². The first-order chi connectivity index (χ1) is 14.5. The van der Waals surface area contributed by atoms with Crippen LogP contribution in [-0.2, 0) is 9.59 Å². The molecule has 1 fully saturated rings. The van der Waals surface area contributed by atoms with Crippen LogP contribution in [0.3, 0.4) is 0 Å². The van der Waals surface area contributed by atoms with Gasteiger partial charge in [-0.25, -0.2) is 4.99 Å². The number of nitrogens with zero attached hydrogens (tertiary/aromatic N) is 2. The molecule has 0 saturated carbocycles. The number of rotatable bonds is 7. The molecule has 1 atom stereocenters. The van der Waals surface area contributed by atoms with Crippen molar-refractivity contribution in [1.82, 2.24) is 4.90 Å². The Bertz CT molecular complexity index is 930. The number of benzene rings is 2. The third-order valence-electron chi connectivity index (χ3n) is 4.35. The molecule has 1 saturated heterocycles. The van der Waals surface area contributed by atoms with Crippen LogP contribution in [0.2, 0.25) is 0 Å². The smallest absolute Gasteiger partial charge is 0.238 e. The maximum absolute atomic E-state index is 12.8. The van der Waals surface area contributed by atoms with Crippen LogP contribution >= 0.6 is 11.8 Å². The van der Waals surface area contributed by atoms with E-state index in [1.54, 1.807) is 19.2 Å².